The van der Waals surface area contributed by atoms with Crippen molar-refractivity contribution in [2.45, 2.75) is 31.2 Å². The molecule has 2 rings (SSSR count). The quantitative estimate of drug-likeness (QED) is 0.860. The van der Waals surface area contributed by atoms with E-state index in [2.05, 4.69) is 23.5 Å². The molecule has 0 aliphatic heterocycles. The van der Waals surface area contributed by atoms with Crippen LogP contribution in [-0.4, -0.2) is 22.1 Å². The highest BCUT2D eigenvalue weighted by molar-refractivity contribution is 7.98. The van der Waals surface area contributed by atoms with Crippen LogP contribution in [0.1, 0.15) is 18.2 Å². The Morgan fingerprint density at radius 2 is 2.00 bits per heavy atom. The highest BCUT2D eigenvalue weighted by Gasteiger charge is 2.16. The van der Waals surface area contributed by atoms with Gasteiger partial charge in [-0.05, 0) is 50.8 Å². The van der Waals surface area contributed by atoms with Crippen LogP contribution in [0.2, 0.25) is 0 Å². The summed E-state index contributed by atoms with van der Waals surface area (Å²) in [6, 6.07) is 8.13. The molecule has 2 N–H and O–H groups in total. The molecule has 0 saturated carbocycles. The molecule has 0 aliphatic carbocycles. The molecule has 5 heteroatoms. The summed E-state index contributed by atoms with van der Waals surface area (Å²) in [6.07, 6.45) is 2.82. The van der Waals surface area contributed by atoms with Gasteiger partial charge in [0.05, 0.1) is 5.69 Å². The van der Waals surface area contributed by atoms with E-state index in [1.165, 1.54) is 4.90 Å². The fraction of sp³-hybridized carbons (Fsp3) is 0.400. The predicted molar refractivity (Wildman–Crippen MR) is 83.6 cm³/mol. The molecule has 1 heterocycles. The van der Waals surface area contributed by atoms with Crippen LogP contribution in [0.15, 0.2) is 29.2 Å². The van der Waals surface area contributed by atoms with Crippen LogP contribution >= 0.6 is 11.8 Å². The fourth-order valence-electron chi connectivity index (χ4n) is 2.12. The predicted octanol–water partition coefficient (Wildman–Crippen LogP) is 3.13. The van der Waals surface area contributed by atoms with E-state index < -0.39 is 0 Å². The molecule has 0 aliphatic rings. The number of thioether (sulfide) groups is 1. The smallest absolute Gasteiger partial charge is 0.221 e. The van der Waals surface area contributed by atoms with Gasteiger partial charge in [0, 0.05) is 23.5 Å². The monoisotopic (exact) mass is 291 g/mol. The SMILES string of the molecule is CSc1ccc(Oc2c(CC(C)N)c(C)nn2C)cc1. The van der Waals surface area contributed by atoms with E-state index in [1.54, 1.807) is 16.4 Å². The number of ether oxygens (including phenoxy) is 1. The zero-order valence-electron chi connectivity index (χ0n) is 12.4. The Morgan fingerprint density at radius 3 is 2.55 bits per heavy atom. The number of nitrogens with two attached hydrogens (primary N) is 1. The Labute approximate surface area is 124 Å². The zero-order chi connectivity index (χ0) is 14.7. The third-order valence-corrected chi connectivity index (χ3v) is 3.83. The van der Waals surface area contributed by atoms with Crippen molar-refractivity contribution < 1.29 is 4.74 Å². The summed E-state index contributed by atoms with van der Waals surface area (Å²) in [7, 11) is 1.89. The van der Waals surface area contributed by atoms with Gasteiger partial charge in [-0.15, -0.1) is 11.8 Å². The van der Waals surface area contributed by atoms with Crippen molar-refractivity contribution in [1.82, 2.24) is 9.78 Å². The van der Waals surface area contributed by atoms with Crippen LogP contribution in [0.3, 0.4) is 0 Å². The van der Waals surface area contributed by atoms with Crippen molar-refractivity contribution in [3.05, 3.63) is 35.5 Å². The molecule has 20 heavy (non-hydrogen) atoms. The minimum atomic E-state index is 0.0825. The van der Waals surface area contributed by atoms with Crippen LogP contribution < -0.4 is 10.5 Å². The second kappa shape index (κ2) is 6.33. The molecule has 0 radical (unpaired) electrons. The number of hydrogen-bond acceptors (Lipinski definition) is 4. The maximum absolute atomic E-state index is 6.00. The molecule has 0 amide bonds. The lowest BCUT2D eigenvalue weighted by Gasteiger charge is -2.10. The van der Waals surface area contributed by atoms with Gasteiger partial charge in [0.15, 0.2) is 0 Å². The first-order valence-electron chi connectivity index (χ1n) is 6.61. The number of hydrogen-bond donors (Lipinski definition) is 1. The molecule has 1 aromatic heterocycles. The van der Waals surface area contributed by atoms with E-state index in [0.29, 0.717) is 0 Å². The van der Waals surface area contributed by atoms with E-state index in [0.717, 1.165) is 29.3 Å². The molecule has 1 atom stereocenters. The number of aryl methyl sites for hydroxylation is 2. The van der Waals surface area contributed by atoms with E-state index >= 15 is 0 Å². The molecule has 1 aromatic carbocycles. The Bertz CT molecular complexity index is 576. The third-order valence-electron chi connectivity index (χ3n) is 3.09. The maximum atomic E-state index is 6.00. The molecule has 0 bridgehead atoms. The normalized spacial score (nSPS) is 12.4. The van der Waals surface area contributed by atoms with Crippen molar-refractivity contribution in [3.8, 4) is 11.6 Å². The Kier molecular flexibility index (Phi) is 4.73. The lowest BCUT2D eigenvalue weighted by atomic mass is 10.1. The summed E-state index contributed by atoms with van der Waals surface area (Å²) >= 11 is 1.71. The Morgan fingerprint density at radius 1 is 1.35 bits per heavy atom. The second-order valence-corrected chi connectivity index (χ2v) is 5.83. The molecule has 1 unspecified atom stereocenters. The summed E-state index contributed by atoms with van der Waals surface area (Å²) in [6.45, 7) is 3.98. The van der Waals surface area contributed by atoms with Crippen molar-refractivity contribution in [1.29, 1.82) is 0 Å². The number of aromatic nitrogens is 2. The standard InChI is InChI=1S/C15H21N3OS/c1-10(16)9-14-11(2)17-18(3)15(14)19-12-5-7-13(20-4)8-6-12/h5-8,10H,9,16H2,1-4H3. The highest BCUT2D eigenvalue weighted by Crippen LogP contribution is 2.29. The third kappa shape index (κ3) is 3.35. The first kappa shape index (κ1) is 14.9. The summed E-state index contributed by atoms with van der Waals surface area (Å²) < 4.78 is 7.77. The average Bonchev–Trinajstić information content (AvgIpc) is 2.66. The van der Waals surface area contributed by atoms with Gasteiger partial charge in [-0.25, -0.2) is 4.68 Å². The van der Waals surface area contributed by atoms with Gasteiger partial charge in [-0.3, -0.25) is 0 Å². The molecular weight excluding hydrogens is 270 g/mol. The molecular formula is C15H21N3OS. The number of benzene rings is 1. The Hall–Kier alpha value is -1.46. The molecule has 4 nitrogen and oxygen atoms in total. The number of nitrogens with zero attached hydrogens (tertiary/aromatic N) is 2. The topological polar surface area (TPSA) is 53.1 Å². The molecule has 108 valence electrons. The van der Waals surface area contributed by atoms with Crippen molar-refractivity contribution in [3.63, 3.8) is 0 Å². The van der Waals surface area contributed by atoms with Crippen LogP contribution in [-0.2, 0) is 13.5 Å². The minimum absolute atomic E-state index is 0.0825. The van der Waals surface area contributed by atoms with Gasteiger partial charge in [-0.2, -0.15) is 5.10 Å². The van der Waals surface area contributed by atoms with Gasteiger partial charge in [0.1, 0.15) is 5.75 Å². The zero-order valence-corrected chi connectivity index (χ0v) is 13.2. The summed E-state index contributed by atoms with van der Waals surface area (Å²) in [4.78, 5) is 1.22. The van der Waals surface area contributed by atoms with Gasteiger partial charge in [0.25, 0.3) is 0 Å². The second-order valence-electron chi connectivity index (χ2n) is 4.95. The van der Waals surface area contributed by atoms with Crippen molar-refractivity contribution in [2.75, 3.05) is 6.26 Å². The lowest BCUT2D eigenvalue weighted by Crippen LogP contribution is -2.18. The lowest BCUT2D eigenvalue weighted by molar-refractivity contribution is 0.424. The first-order chi connectivity index (χ1) is 9.51. The summed E-state index contributed by atoms with van der Waals surface area (Å²) in [5, 5.41) is 4.43. The van der Waals surface area contributed by atoms with Gasteiger partial charge in [-0.1, -0.05) is 0 Å². The molecule has 0 saturated heterocycles. The van der Waals surface area contributed by atoms with Crippen LogP contribution in [0, 0.1) is 6.92 Å². The minimum Gasteiger partial charge on any atom is -0.439 e. The number of rotatable bonds is 5. The maximum Gasteiger partial charge on any atom is 0.221 e. The van der Waals surface area contributed by atoms with Gasteiger partial charge in [0.2, 0.25) is 5.88 Å². The largest absolute Gasteiger partial charge is 0.439 e. The average molecular weight is 291 g/mol. The van der Waals surface area contributed by atoms with Crippen molar-refractivity contribution in [2.24, 2.45) is 12.8 Å². The molecule has 0 spiro atoms. The van der Waals surface area contributed by atoms with E-state index in [9.17, 15) is 0 Å². The highest BCUT2D eigenvalue weighted by atomic mass is 32.2. The van der Waals surface area contributed by atoms with Gasteiger partial charge >= 0.3 is 0 Å². The summed E-state index contributed by atoms with van der Waals surface area (Å²) in [5.74, 6) is 1.59. The van der Waals surface area contributed by atoms with Crippen LogP contribution in [0.5, 0.6) is 11.6 Å². The van der Waals surface area contributed by atoms with Crippen molar-refractivity contribution >= 4 is 11.8 Å². The van der Waals surface area contributed by atoms with Crippen LogP contribution in [0.25, 0.3) is 0 Å². The van der Waals surface area contributed by atoms with E-state index in [4.69, 9.17) is 10.5 Å². The fourth-order valence-corrected chi connectivity index (χ4v) is 2.53. The van der Waals surface area contributed by atoms with Crippen LogP contribution in [0.4, 0.5) is 0 Å². The molecule has 2 aromatic rings. The van der Waals surface area contributed by atoms with Gasteiger partial charge < -0.3 is 10.5 Å². The van der Waals surface area contributed by atoms with E-state index in [-0.39, 0.29) is 6.04 Å². The van der Waals surface area contributed by atoms with E-state index in [1.807, 2.05) is 33.0 Å². The Balaban J connectivity index is 2.27. The molecule has 0 fully saturated rings. The first-order valence-corrected chi connectivity index (χ1v) is 7.83. The summed E-state index contributed by atoms with van der Waals surface area (Å²) in [5.41, 5.74) is 7.96.